The molecule has 0 spiro atoms. The fourth-order valence-corrected chi connectivity index (χ4v) is 4.62. The molecule has 1 fully saturated rings. The molecule has 0 aliphatic carbocycles. The van der Waals surface area contributed by atoms with Gasteiger partial charge < -0.3 is 9.80 Å². The number of aryl methyl sites for hydroxylation is 1. The van der Waals surface area contributed by atoms with Crippen LogP contribution in [0.3, 0.4) is 0 Å². The van der Waals surface area contributed by atoms with Gasteiger partial charge in [0.15, 0.2) is 0 Å². The van der Waals surface area contributed by atoms with Crippen molar-refractivity contribution in [2.24, 2.45) is 0 Å². The molecule has 1 aromatic heterocycles. The molecule has 146 valence electrons. The molecule has 1 saturated heterocycles. The number of rotatable bonds is 3. The largest absolute Gasteiger partial charge is 0.369 e. The van der Waals surface area contributed by atoms with Gasteiger partial charge in [0.1, 0.15) is 10.9 Å². The Bertz CT molecular complexity index is 1050. The van der Waals surface area contributed by atoms with Crippen LogP contribution in [0, 0.1) is 18.3 Å². The minimum atomic E-state index is 0.0462. The van der Waals surface area contributed by atoms with Crippen LogP contribution < -0.4 is 4.90 Å². The average Bonchev–Trinajstić information content (AvgIpc) is 2.99. The normalized spacial score (nSPS) is 14.3. The second-order valence-electron chi connectivity index (χ2n) is 7.04. The van der Waals surface area contributed by atoms with E-state index >= 15 is 0 Å². The minimum Gasteiger partial charge on any atom is -0.369 e. The highest BCUT2D eigenvalue weighted by molar-refractivity contribution is 7.14. The molecular weight excluding hydrogens is 380 g/mol. The third-order valence-electron chi connectivity index (χ3n) is 5.12. The molecule has 4 rings (SSSR count). The van der Waals surface area contributed by atoms with Gasteiger partial charge in [0.2, 0.25) is 0 Å². The van der Waals surface area contributed by atoms with Gasteiger partial charge in [-0.15, -0.1) is 11.3 Å². The van der Waals surface area contributed by atoms with Gasteiger partial charge in [-0.25, -0.2) is 4.98 Å². The maximum Gasteiger partial charge on any atom is 0.266 e. The van der Waals surface area contributed by atoms with Crippen molar-refractivity contribution in [1.29, 1.82) is 5.26 Å². The SMILES string of the molecule is Cc1nc(-c2ccccc2)c(C(=O)N2CCCN(c3ccccc3C#N)CC2)s1. The Morgan fingerprint density at radius 3 is 2.59 bits per heavy atom. The molecule has 2 heterocycles. The molecule has 1 amide bonds. The molecule has 1 aliphatic heterocycles. The second-order valence-corrected chi connectivity index (χ2v) is 8.24. The van der Waals surface area contributed by atoms with Crippen molar-refractivity contribution in [3.63, 3.8) is 0 Å². The van der Waals surface area contributed by atoms with E-state index in [9.17, 15) is 10.1 Å². The summed E-state index contributed by atoms with van der Waals surface area (Å²) >= 11 is 1.46. The number of benzene rings is 2. The van der Waals surface area contributed by atoms with Crippen molar-refractivity contribution < 1.29 is 4.79 Å². The van der Waals surface area contributed by atoms with Crippen molar-refractivity contribution in [3.8, 4) is 17.3 Å². The summed E-state index contributed by atoms with van der Waals surface area (Å²) in [4.78, 5) is 22.8. The molecule has 0 radical (unpaired) electrons. The van der Waals surface area contributed by atoms with E-state index in [4.69, 9.17) is 0 Å². The lowest BCUT2D eigenvalue weighted by atomic mass is 10.1. The Morgan fingerprint density at radius 1 is 1.03 bits per heavy atom. The number of anilines is 1. The first-order valence-corrected chi connectivity index (χ1v) is 10.5. The molecule has 6 heteroatoms. The van der Waals surface area contributed by atoms with Crippen LogP contribution in [0.5, 0.6) is 0 Å². The van der Waals surface area contributed by atoms with Gasteiger partial charge in [-0.1, -0.05) is 42.5 Å². The number of para-hydroxylation sites is 1. The summed E-state index contributed by atoms with van der Waals surface area (Å²) in [6, 6.07) is 19.8. The molecule has 2 aromatic carbocycles. The second kappa shape index (κ2) is 8.46. The Morgan fingerprint density at radius 2 is 1.79 bits per heavy atom. The van der Waals surface area contributed by atoms with Crippen molar-refractivity contribution in [2.45, 2.75) is 13.3 Å². The summed E-state index contributed by atoms with van der Waals surface area (Å²) in [5.41, 5.74) is 3.37. The molecule has 0 bridgehead atoms. The monoisotopic (exact) mass is 402 g/mol. The number of hydrogen-bond acceptors (Lipinski definition) is 5. The summed E-state index contributed by atoms with van der Waals surface area (Å²) in [5, 5.41) is 10.3. The van der Waals surface area contributed by atoms with Gasteiger partial charge in [0, 0.05) is 31.7 Å². The Kier molecular flexibility index (Phi) is 5.59. The van der Waals surface area contributed by atoms with E-state index in [1.807, 2.05) is 66.4 Å². The Labute approximate surface area is 174 Å². The van der Waals surface area contributed by atoms with Gasteiger partial charge in [-0.05, 0) is 25.5 Å². The predicted octanol–water partition coefficient (Wildman–Crippen LogP) is 4.34. The van der Waals surface area contributed by atoms with Crippen LogP contribution >= 0.6 is 11.3 Å². The van der Waals surface area contributed by atoms with E-state index in [0.29, 0.717) is 30.1 Å². The van der Waals surface area contributed by atoms with E-state index in [0.717, 1.165) is 34.9 Å². The minimum absolute atomic E-state index is 0.0462. The summed E-state index contributed by atoms with van der Waals surface area (Å²) in [6.45, 7) is 4.81. The van der Waals surface area contributed by atoms with Crippen LogP contribution in [0.25, 0.3) is 11.3 Å². The maximum absolute atomic E-state index is 13.4. The molecule has 29 heavy (non-hydrogen) atoms. The molecule has 0 saturated carbocycles. The van der Waals surface area contributed by atoms with E-state index in [1.54, 1.807) is 0 Å². The maximum atomic E-state index is 13.4. The van der Waals surface area contributed by atoms with Crippen molar-refractivity contribution in [1.82, 2.24) is 9.88 Å². The molecule has 0 N–H and O–H groups in total. The number of amides is 1. The lowest BCUT2D eigenvalue weighted by molar-refractivity contribution is 0.0772. The summed E-state index contributed by atoms with van der Waals surface area (Å²) in [5.74, 6) is 0.0462. The Balaban J connectivity index is 1.55. The topological polar surface area (TPSA) is 60.2 Å². The van der Waals surface area contributed by atoms with E-state index in [2.05, 4.69) is 16.0 Å². The molecule has 0 unspecified atom stereocenters. The zero-order valence-electron chi connectivity index (χ0n) is 16.3. The third kappa shape index (κ3) is 4.01. The first kappa shape index (κ1) is 19.2. The number of thiazole rings is 1. The van der Waals surface area contributed by atoms with Gasteiger partial charge in [0.25, 0.3) is 5.91 Å². The van der Waals surface area contributed by atoms with Crippen LogP contribution in [0.2, 0.25) is 0 Å². The quantitative estimate of drug-likeness (QED) is 0.654. The van der Waals surface area contributed by atoms with Crippen LogP contribution in [-0.4, -0.2) is 42.0 Å². The van der Waals surface area contributed by atoms with Crippen LogP contribution in [0.1, 0.15) is 26.7 Å². The smallest absolute Gasteiger partial charge is 0.266 e. The number of carbonyl (C=O) groups excluding carboxylic acids is 1. The Hall–Kier alpha value is -3.17. The highest BCUT2D eigenvalue weighted by Gasteiger charge is 2.26. The number of carbonyl (C=O) groups is 1. The van der Waals surface area contributed by atoms with Crippen LogP contribution in [0.4, 0.5) is 5.69 Å². The number of nitriles is 1. The zero-order valence-corrected chi connectivity index (χ0v) is 17.2. The molecule has 5 nitrogen and oxygen atoms in total. The van der Waals surface area contributed by atoms with Crippen LogP contribution in [-0.2, 0) is 0 Å². The zero-order chi connectivity index (χ0) is 20.2. The van der Waals surface area contributed by atoms with Gasteiger partial charge in [0.05, 0.1) is 22.0 Å². The highest BCUT2D eigenvalue weighted by Crippen LogP contribution is 2.30. The van der Waals surface area contributed by atoms with Crippen molar-refractivity contribution in [3.05, 3.63) is 70.0 Å². The number of nitrogens with zero attached hydrogens (tertiary/aromatic N) is 4. The first-order chi connectivity index (χ1) is 14.2. The van der Waals surface area contributed by atoms with E-state index in [1.165, 1.54) is 11.3 Å². The van der Waals surface area contributed by atoms with E-state index in [-0.39, 0.29) is 5.91 Å². The van der Waals surface area contributed by atoms with Gasteiger partial charge >= 0.3 is 0 Å². The summed E-state index contributed by atoms with van der Waals surface area (Å²) in [6.07, 6.45) is 0.865. The third-order valence-corrected chi connectivity index (χ3v) is 6.08. The standard InChI is InChI=1S/C23H22N4OS/c1-17-25-21(18-8-3-2-4-9-18)22(29-17)23(28)27-13-7-12-26(14-15-27)20-11-6-5-10-19(20)16-24/h2-6,8-11H,7,12-15H2,1H3. The van der Waals surface area contributed by atoms with E-state index < -0.39 is 0 Å². The van der Waals surface area contributed by atoms with Crippen molar-refractivity contribution >= 4 is 22.9 Å². The fourth-order valence-electron chi connectivity index (χ4n) is 3.71. The molecule has 0 atom stereocenters. The van der Waals surface area contributed by atoms with Gasteiger partial charge in [-0.2, -0.15) is 5.26 Å². The number of aromatic nitrogens is 1. The lowest BCUT2D eigenvalue weighted by Crippen LogP contribution is -2.35. The van der Waals surface area contributed by atoms with Crippen molar-refractivity contribution in [2.75, 3.05) is 31.1 Å². The molecule has 1 aliphatic rings. The molecule has 3 aromatic rings. The molecular formula is C23H22N4OS. The summed E-state index contributed by atoms with van der Waals surface area (Å²) in [7, 11) is 0. The first-order valence-electron chi connectivity index (χ1n) is 9.73. The predicted molar refractivity (Wildman–Crippen MR) is 116 cm³/mol. The van der Waals surface area contributed by atoms with Gasteiger partial charge in [-0.3, -0.25) is 4.79 Å². The average molecular weight is 403 g/mol. The van der Waals surface area contributed by atoms with Crippen LogP contribution in [0.15, 0.2) is 54.6 Å². The fraction of sp³-hybridized carbons (Fsp3) is 0.261. The number of hydrogen-bond donors (Lipinski definition) is 0. The highest BCUT2D eigenvalue weighted by atomic mass is 32.1. The summed E-state index contributed by atoms with van der Waals surface area (Å²) < 4.78 is 0. The lowest BCUT2D eigenvalue weighted by Gasteiger charge is -2.24.